The first-order valence-corrected chi connectivity index (χ1v) is 8.00. The highest BCUT2D eigenvalue weighted by molar-refractivity contribution is 4.94. The molecule has 4 aliphatic rings. The van der Waals surface area contributed by atoms with Crippen LogP contribution in [0.25, 0.3) is 0 Å². The maximum absolute atomic E-state index is 2.88. The van der Waals surface area contributed by atoms with E-state index in [9.17, 15) is 0 Å². The van der Waals surface area contributed by atoms with Crippen LogP contribution >= 0.6 is 0 Å². The van der Waals surface area contributed by atoms with Gasteiger partial charge in [0, 0.05) is 24.4 Å². The van der Waals surface area contributed by atoms with Gasteiger partial charge in [0.2, 0.25) is 0 Å². The second-order valence-electron chi connectivity index (χ2n) is 7.03. The van der Waals surface area contributed by atoms with Crippen molar-refractivity contribution >= 4 is 0 Å². The van der Waals surface area contributed by atoms with Crippen molar-refractivity contribution in [2.24, 2.45) is 11.8 Å². The highest BCUT2D eigenvalue weighted by Crippen LogP contribution is 2.37. The quantitative estimate of drug-likeness (QED) is 0.656. The van der Waals surface area contributed by atoms with Crippen LogP contribution in [-0.4, -0.2) is 43.2 Å². The SMILES string of the molecule is C1CCN2CC3CC(C[NH+]4CCCCC34)C2C1. The zero-order chi connectivity index (χ0) is 11.2. The summed E-state index contributed by atoms with van der Waals surface area (Å²) in [6.45, 7) is 5.88. The number of nitrogens with zero attached hydrogens (tertiary/aromatic N) is 1. The fraction of sp³-hybridized carbons (Fsp3) is 1.00. The smallest absolute Gasteiger partial charge is 0.0915 e. The molecule has 17 heavy (non-hydrogen) atoms. The van der Waals surface area contributed by atoms with Gasteiger partial charge in [-0.05, 0) is 45.1 Å². The summed E-state index contributed by atoms with van der Waals surface area (Å²) in [6.07, 6.45) is 10.6. The van der Waals surface area contributed by atoms with Crippen LogP contribution in [0, 0.1) is 11.8 Å². The van der Waals surface area contributed by atoms with Gasteiger partial charge < -0.3 is 4.90 Å². The molecule has 1 N–H and O–H groups in total. The first-order valence-electron chi connectivity index (χ1n) is 8.00. The molecule has 4 saturated heterocycles. The topological polar surface area (TPSA) is 7.68 Å². The maximum atomic E-state index is 2.88. The number of nitrogens with one attached hydrogen (secondary N) is 1. The average Bonchev–Trinajstić information content (AvgIpc) is 2.39. The molecule has 0 aromatic carbocycles. The molecule has 96 valence electrons. The van der Waals surface area contributed by atoms with Gasteiger partial charge in [0.25, 0.3) is 0 Å². The van der Waals surface area contributed by atoms with Crippen molar-refractivity contribution < 1.29 is 4.90 Å². The van der Waals surface area contributed by atoms with Gasteiger partial charge in [-0.2, -0.15) is 0 Å². The summed E-state index contributed by atoms with van der Waals surface area (Å²) < 4.78 is 0. The highest BCUT2D eigenvalue weighted by atomic mass is 15.3. The van der Waals surface area contributed by atoms with Crippen LogP contribution in [0.1, 0.15) is 44.9 Å². The molecule has 0 radical (unpaired) electrons. The normalized spacial score (nSPS) is 50.5. The molecule has 4 rings (SSSR count). The molecule has 0 saturated carbocycles. The molecule has 0 aromatic rings. The minimum Gasteiger partial charge on any atom is -0.332 e. The lowest BCUT2D eigenvalue weighted by Crippen LogP contribution is -3.19. The molecule has 4 aliphatic heterocycles. The molecule has 4 fully saturated rings. The van der Waals surface area contributed by atoms with Crippen molar-refractivity contribution in [2.75, 3.05) is 26.2 Å². The lowest BCUT2D eigenvalue weighted by molar-refractivity contribution is -0.945. The third kappa shape index (κ3) is 1.76. The van der Waals surface area contributed by atoms with Crippen molar-refractivity contribution in [2.45, 2.75) is 57.0 Å². The number of fused-ring (bicyclic) bond motifs is 6. The molecule has 2 heteroatoms. The predicted molar refractivity (Wildman–Crippen MR) is 69.1 cm³/mol. The van der Waals surface area contributed by atoms with Gasteiger partial charge in [-0.3, -0.25) is 4.90 Å². The molecule has 0 aromatic heterocycles. The van der Waals surface area contributed by atoms with Gasteiger partial charge in [-0.15, -0.1) is 0 Å². The number of hydrogen-bond donors (Lipinski definition) is 1. The Morgan fingerprint density at radius 1 is 0.941 bits per heavy atom. The zero-order valence-corrected chi connectivity index (χ0v) is 11.0. The molecule has 0 aliphatic carbocycles. The second-order valence-corrected chi connectivity index (χ2v) is 7.03. The Kier molecular flexibility index (Phi) is 2.69. The van der Waals surface area contributed by atoms with Gasteiger partial charge in [0.1, 0.15) is 0 Å². The molecule has 0 amide bonds. The predicted octanol–water partition coefficient (Wildman–Crippen LogP) is 0.928. The van der Waals surface area contributed by atoms with Gasteiger partial charge in [-0.25, -0.2) is 0 Å². The van der Waals surface area contributed by atoms with E-state index in [1.165, 1.54) is 64.7 Å². The van der Waals surface area contributed by atoms with E-state index in [0.717, 1.165) is 23.9 Å². The van der Waals surface area contributed by atoms with Gasteiger partial charge in [0.15, 0.2) is 0 Å². The molecule has 2 nitrogen and oxygen atoms in total. The van der Waals surface area contributed by atoms with E-state index in [1.807, 2.05) is 4.90 Å². The Morgan fingerprint density at radius 2 is 1.88 bits per heavy atom. The van der Waals surface area contributed by atoms with Gasteiger partial charge >= 0.3 is 0 Å². The molecule has 4 heterocycles. The number of hydrogen-bond acceptors (Lipinski definition) is 1. The largest absolute Gasteiger partial charge is 0.332 e. The van der Waals surface area contributed by atoms with Crippen molar-refractivity contribution in [3.8, 4) is 0 Å². The Morgan fingerprint density at radius 3 is 2.88 bits per heavy atom. The van der Waals surface area contributed by atoms with Crippen molar-refractivity contribution in [3.63, 3.8) is 0 Å². The van der Waals surface area contributed by atoms with Crippen LogP contribution in [0.3, 0.4) is 0 Å². The summed E-state index contributed by atoms with van der Waals surface area (Å²) in [5, 5.41) is 0. The molecule has 5 unspecified atom stereocenters. The van der Waals surface area contributed by atoms with Crippen LogP contribution in [0.15, 0.2) is 0 Å². The fourth-order valence-corrected chi connectivity index (χ4v) is 5.47. The Balaban J connectivity index is 1.56. The molecule has 2 bridgehead atoms. The monoisotopic (exact) mass is 235 g/mol. The van der Waals surface area contributed by atoms with Crippen LogP contribution in [0.5, 0.6) is 0 Å². The number of rotatable bonds is 0. The first-order chi connectivity index (χ1) is 8.42. The fourth-order valence-electron chi connectivity index (χ4n) is 5.47. The molecule has 5 atom stereocenters. The molecule has 0 spiro atoms. The first kappa shape index (κ1) is 10.8. The van der Waals surface area contributed by atoms with Crippen molar-refractivity contribution in [1.82, 2.24) is 4.90 Å². The Labute approximate surface area is 105 Å². The van der Waals surface area contributed by atoms with Gasteiger partial charge in [-0.1, -0.05) is 6.42 Å². The zero-order valence-electron chi connectivity index (χ0n) is 11.0. The van der Waals surface area contributed by atoms with E-state index in [-0.39, 0.29) is 0 Å². The second kappa shape index (κ2) is 4.24. The van der Waals surface area contributed by atoms with E-state index < -0.39 is 0 Å². The van der Waals surface area contributed by atoms with E-state index in [2.05, 4.69) is 4.90 Å². The summed E-state index contributed by atoms with van der Waals surface area (Å²) >= 11 is 0. The Hall–Kier alpha value is -0.0800. The minimum absolute atomic E-state index is 0.982. The summed E-state index contributed by atoms with van der Waals surface area (Å²) in [4.78, 5) is 4.89. The maximum Gasteiger partial charge on any atom is 0.0915 e. The lowest BCUT2D eigenvalue weighted by atomic mass is 9.71. The van der Waals surface area contributed by atoms with Gasteiger partial charge in [0.05, 0.1) is 19.1 Å². The van der Waals surface area contributed by atoms with E-state index in [4.69, 9.17) is 0 Å². The van der Waals surface area contributed by atoms with Crippen LogP contribution in [-0.2, 0) is 0 Å². The van der Waals surface area contributed by atoms with Crippen LogP contribution in [0.2, 0.25) is 0 Å². The van der Waals surface area contributed by atoms with Crippen molar-refractivity contribution in [3.05, 3.63) is 0 Å². The Bertz CT molecular complexity index is 263. The third-order valence-corrected chi connectivity index (χ3v) is 6.16. The molecular formula is C15H27N2+. The third-order valence-electron chi connectivity index (χ3n) is 6.16. The highest BCUT2D eigenvalue weighted by Gasteiger charge is 2.48. The number of piperidine rings is 4. The minimum atomic E-state index is 0.982. The van der Waals surface area contributed by atoms with Crippen LogP contribution < -0.4 is 4.90 Å². The van der Waals surface area contributed by atoms with E-state index in [1.54, 1.807) is 6.42 Å². The summed E-state index contributed by atoms with van der Waals surface area (Å²) in [5.74, 6) is 2.11. The standard InChI is InChI=1S/C15H26N2/c1-3-7-16-11-13-9-12(14(16)5-1)10-17-8-4-2-6-15(13)17/h12-15H,1-11H2/p+1. The molecular weight excluding hydrogens is 208 g/mol. The summed E-state index contributed by atoms with van der Waals surface area (Å²) in [5.41, 5.74) is 0. The number of quaternary nitrogens is 1. The lowest BCUT2D eigenvalue weighted by Gasteiger charge is -2.54. The van der Waals surface area contributed by atoms with E-state index in [0.29, 0.717) is 0 Å². The van der Waals surface area contributed by atoms with Crippen LogP contribution in [0.4, 0.5) is 0 Å². The average molecular weight is 235 g/mol. The summed E-state index contributed by atoms with van der Waals surface area (Å²) in [7, 11) is 0. The van der Waals surface area contributed by atoms with E-state index >= 15 is 0 Å². The van der Waals surface area contributed by atoms with Crippen molar-refractivity contribution in [1.29, 1.82) is 0 Å². The summed E-state index contributed by atoms with van der Waals surface area (Å²) in [6, 6.07) is 2.03.